The number of amides is 2. The Morgan fingerprint density at radius 2 is 1.75 bits per heavy atom. The number of halogens is 1. The number of hydrogen-bond donors (Lipinski definition) is 2. The number of aliphatic imine (C=N–C) groups is 1. The highest BCUT2D eigenvalue weighted by Gasteiger charge is 2.32. The predicted octanol–water partition coefficient (Wildman–Crippen LogP) is 7.28. The smallest absolute Gasteiger partial charge is 0.228 e. The first-order valence-electron chi connectivity index (χ1n) is 17.5. The Hall–Kier alpha value is -4.52. The standard InChI is InChI=1S/C39H39ClN8O2S.H2S/c1-22-23(2)51-39-36(22)37(26-4-8-30(40)9-5-26)44-32(38-46-45-24(3)48(38)39)20-34(49)41-15-12-25-13-16-47(17-14-25)33-11-7-28(21-42-33)27-6-10-31-29(18-27)19-35(50)43-31;/h4-11,18,21,25,32H,12-17,19-20H2,1-3H3,(H,41,49)(H,43,50);1H2/t32-;/m0./s1. The van der Waals surface area contributed by atoms with Crippen LogP contribution in [0.1, 0.15) is 70.5 Å². The van der Waals surface area contributed by atoms with Gasteiger partial charge in [-0.15, -0.1) is 21.5 Å². The summed E-state index contributed by atoms with van der Waals surface area (Å²) in [4.78, 5) is 38.8. The van der Waals surface area contributed by atoms with Gasteiger partial charge in [0.15, 0.2) is 5.82 Å². The minimum absolute atomic E-state index is 0. The van der Waals surface area contributed by atoms with Crippen LogP contribution >= 0.6 is 36.4 Å². The number of thiophene rings is 1. The van der Waals surface area contributed by atoms with Crippen LogP contribution in [0.4, 0.5) is 11.5 Å². The monoisotopic (exact) mass is 752 g/mol. The molecule has 3 aromatic heterocycles. The van der Waals surface area contributed by atoms with E-state index in [0.717, 1.165) is 88.2 Å². The molecular formula is C39H41ClN8O2S2. The first-order valence-corrected chi connectivity index (χ1v) is 18.7. The topological polar surface area (TPSA) is 117 Å². The summed E-state index contributed by atoms with van der Waals surface area (Å²) in [5, 5.41) is 16.7. The molecule has 2 aromatic carbocycles. The lowest BCUT2D eigenvalue weighted by Crippen LogP contribution is -2.35. The maximum atomic E-state index is 13.5. The van der Waals surface area contributed by atoms with Crippen molar-refractivity contribution in [2.75, 3.05) is 29.9 Å². The second-order valence-corrected chi connectivity index (χ2v) is 15.3. The normalized spacial score (nSPS) is 16.6. The van der Waals surface area contributed by atoms with Crippen LogP contribution in [0.3, 0.4) is 0 Å². The predicted molar refractivity (Wildman–Crippen MR) is 213 cm³/mol. The van der Waals surface area contributed by atoms with Gasteiger partial charge in [0.2, 0.25) is 11.8 Å². The largest absolute Gasteiger partial charge is 0.357 e. The number of nitrogens with one attached hydrogen (secondary N) is 2. The second kappa shape index (κ2) is 14.8. The number of fused-ring (bicyclic) bond motifs is 4. The minimum Gasteiger partial charge on any atom is -0.357 e. The zero-order chi connectivity index (χ0) is 35.2. The van der Waals surface area contributed by atoms with Crippen molar-refractivity contribution in [3.63, 3.8) is 0 Å². The zero-order valence-electron chi connectivity index (χ0n) is 29.4. The van der Waals surface area contributed by atoms with Crippen molar-refractivity contribution in [1.29, 1.82) is 0 Å². The van der Waals surface area contributed by atoms with E-state index in [4.69, 9.17) is 21.6 Å². The summed E-state index contributed by atoms with van der Waals surface area (Å²) in [5.41, 5.74) is 8.06. The first kappa shape index (κ1) is 35.9. The Bertz CT molecular complexity index is 2170. The van der Waals surface area contributed by atoms with Gasteiger partial charge in [0, 0.05) is 58.1 Å². The van der Waals surface area contributed by atoms with Gasteiger partial charge in [-0.05, 0) is 99.0 Å². The highest BCUT2D eigenvalue weighted by molar-refractivity contribution is 7.59. The van der Waals surface area contributed by atoms with Gasteiger partial charge in [0.05, 0.1) is 18.6 Å². The van der Waals surface area contributed by atoms with Crippen LogP contribution in [0.5, 0.6) is 0 Å². The molecule has 1 saturated heterocycles. The van der Waals surface area contributed by atoms with Crippen LogP contribution in [0.2, 0.25) is 5.02 Å². The van der Waals surface area contributed by atoms with Gasteiger partial charge in [0.1, 0.15) is 22.7 Å². The lowest BCUT2D eigenvalue weighted by Gasteiger charge is -2.33. The summed E-state index contributed by atoms with van der Waals surface area (Å²) in [7, 11) is 0. The molecule has 0 spiro atoms. The van der Waals surface area contributed by atoms with E-state index in [1.165, 1.54) is 10.4 Å². The number of benzene rings is 2. The zero-order valence-corrected chi connectivity index (χ0v) is 31.9. The van der Waals surface area contributed by atoms with Crippen LogP contribution in [-0.4, -0.2) is 56.9 Å². The van der Waals surface area contributed by atoms with Crippen molar-refractivity contribution in [2.45, 2.75) is 58.9 Å². The van der Waals surface area contributed by atoms with Crippen molar-refractivity contribution in [1.82, 2.24) is 25.1 Å². The number of piperidine rings is 1. The van der Waals surface area contributed by atoms with E-state index in [-0.39, 0.29) is 31.7 Å². The molecule has 268 valence electrons. The molecule has 1 atom stereocenters. The molecule has 0 radical (unpaired) electrons. The fourth-order valence-electron chi connectivity index (χ4n) is 7.40. The number of hydrogen-bond acceptors (Lipinski definition) is 8. The van der Waals surface area contributed by atoms with Crippen LogP contribution in [0.25, 0.3) is 16.1 Å². The van der Waals surface area contributed by atoms with E-state index in [1.54, 1.807) is 11.3 Å². The van der Waals surface area contributed by atoms with Crippen LogP contribution in [0.15, 0.2) is 65.8 Å². The number of aryl methyl sites for hydroxylation is 2. The van der Waals surface area contributed by atoms with Crippen molar-refractivity contribution >= 4 is 65.5 Å². The van der Waals surface area contributed by atoms with Gasteiger partial charge in [-0.2, -0.15) is 13.5 Å². The highest BCUT2D eigenvalue weighted by Crippen LogP contribution is 2.40. The van der Waals surface area contributed by atoms with E-state index < -0.39 is 6.04 Å². The molecule has 0 saturated carbocycles. The average Bonchev–Trinajstić information content (AvgIpc) is 3.77. The van der Waals surface area contributed by atoms with Gasteiger partial charge in [-0.1, -0.05) is 29.8 Å². The number of aromatic nitrogens is 4. The van der Waals surface area contributed by atoms with Gasteiger partial charge in [0.25, 0.3) is 0 Å². The van der Waals surface area contributed by atoms with Gasteiger partial charge in [-0.25, -0.2) is 4.98 Å². The third-order valence-electron chi connectivity index (χ3n) is 10.4. The molecule has 5 aromatic rings. The van der Waals surface area contributed by atoms with Gasteiger partial charge >= 0.3 is 0 Å². The van der Waals surface area contributed by atoms with E-state index in [0.29, 0.717) is 29.7 Å². The Kier molecular flexibility index (Phi) is 10.2. The fourth-order valence-corrected chi connectivity index (χ4v) is 8.74. The molecule has 52 heavy (non-hydrogen) atoms. The quantitative estimate of drug-likeness (QED) is 0.172. The molecule has 0 bridgehead atoms. The third kappa shape index (κ3) is 6.99. The van der Waals surface area contributed by atoms with Crippen LogP contribution < -0.4 is 15.5 Å². The van der Waals surface area contributed by atoms with Crippen LogP contribution in [0, 0.1) is 26.7 Å². The summed E-state index contributed by atoms with van der Waals surface area (Å²) in [6.07, 6.45) is 5.55. The summed E-state index contributed by atoms with van der Waals surface area (Å²) in [6.45, 7) is 8.68. The summed E-state index contributed by atoms with van der Waals surface area (Å²) >= 11 is 7.95. The van der Waals surface area contributed by atoms with Crippen molar-refractivity contribution in [3.8, 4) is 16.1 Å². The molecule has 1 fully saturated rings. The molecule has 2 amide bonds. The number of anilines is 2. The Labute approximate surface area is 319 Å². The summed E-state index contributed by atoms with van der Waals surface area (Å²) in [5.74, 6) is 2.97. The summed E-state index contributed by atoms with van der Waals surface area (Å²) < 4.78 is 2.08. The van der Waals surface area contributed by atoms with E-state index in [2.05, 4.69) is 62.3 Å². The molecule has 8 rings (SSSR count). The molecular weight excluding hydrogens is 712 g/mol. The van der Waals surface area contributed by atoms with Gasteiger partial charge in [-0.3, -0.25) is 19.1 Å². The number of pyridine rings is 1. The molecule has 3 aliphatic heterocycles. The Balaban J connectivity index is 0.00000420. The molecule has 10 nitrogen and oxygen atoms in total. The molecule has 2 N–H and O–H groups in total. The lowest BCUT2D eigenvalue weighted by molar-refractivity contribution is -0.121. The number of carbonyl (C=O) groups excluding carboxylic acids is 2. The highest BCUT2D eigenvalue weighted by atomic mass is 35.5. The molecule has 0 unspecified atom stereocenters. The van der Waals surface area contributed by atoms with Crippen LogP contribution in [-0.2, 0) is 16.0 Å². The SMILES string of the molecule is Cc1sc2c(c1C)C(c1ccc(Cl)cc1)=N[C@@H](CC(=O)NCCC1CCN(c3ccc(-c4ccc5c(c4)CC(=O)N5)cn3)CC1)c1nnc(C)n1-2.S. The van der Waals surface area contributed by atoms with E-state index in [9.17, 15) is 9.59 Å². The lowest BCUT2D eigenvalue weighted by atomic mass is 9.93. The fraction of sp³-hybridized carbons (Fsp3) is 0.333. The minimum atomic E-state index is -0.484. The number of rotatable bonds is 8. The first-order chi connectivity index (χ1) is 24.7. The van der Waals surface area contributed by atoms with Crippen molar-refractivity contribution in [2.24, 2.45) is 10.9 Å². The maximum Gasteiger partial charge on any atom is 0.228 e. The van der Waals surface area contributed by atoms with E-state index in [1.807, 2.05) is 49.5 Å². The third-order valence-corrected chi connectivity index (χ3v) is 11.8. The van der Waals surface area contributed by atoms with Crippen molar-refractivity contribution < 1.29 is 9.59 Å². The number of carbonyl (C=O) groups is 2. The Morgan fingerprint density at radius 1 is 1.00 bits per heavy atom. The van der Waals surface area contributed by atoms with E-state index >= 15 is 0 Å². The second-order valence-electron chi connectivity index (χ2n) is 13.7. The molecule has 3 aliphatic rings. The summed E-state index contributed by atoms with van der Waals surface area (Å²) in [6, 6.07) is 17.5. The number of nitrogens with zero attached hydrogens (tertiary/aromatic N) is 6. The Morgan fingerprint density at radius 3 is 2.50 bits per heavy atom. The maximum absolute atomic E-state index is 13.5. The van der Waals surface area contributed by atoms with Crippen molar-refractivity contribution in [3.05, 3.63) is 105 Å². The average molecular weight is 753 g/mol. The molecule has 6 heterocycles. The molecule has 13 heteroatoms. The molecule has 0 aliphatic carbocycles. The van der Waals surface area contributed by atoms with Gasteiger partial charge < -0.3 is 15.5 Å².